The van der Waals surface area contributed by atoms with Gasteiger partial charge >= 0.3 is 0 Å². The lowest BCUT2D eigenvalue weighted by atomic mass is 9.59. The fraction of sp³-hybridized carbons (Fsp3) is 0.161. The van der Waals surface area contributed by atoms with Gasteiger partial charge in [0.2, 0.25) is 0 Å². The molecule has 0 saturated heterocycles. The third-order valence-electron chi connectivity index (χ3n) is 15.6. The maximum Gasteiger partial charge on any atom is 0.0547 e. The Bertz CT molecular complexity index is 3360. The summed E-state index contributed by atoms with van der Waals surface area (Å²) in [6, 6.07) is 79.0. The summed E-state index contributed by atoms with van der Waals surface area (Å²) in [7, 11) is 0. The molecule has 0 N–H and O–H groups in total. The van der Waals surface area contributed by atoms with Crippen molar-refractivity contribution in [3.05, 3.63) is 218 Å². The van der Waals surface area contributed by atoms with Crippen molar-refractivity contribution in [3.63, 3.8) is 0 Å². The van der Waals surface area contributed by atoms with Gasteiger partial charge in [-0.3, -0.25) is 0 Å². The summed E-state index contributed by atoms with van der Waals surface area (Å²) in [4.78, 5) is 2.49. The highest BCUT2D eigenvalue weighted by Crippen LogP contribution is 2.61. The first-order chi connectivity index (χ1) is 31.7. The van der Waals surface area contributed by atoms with Crippen LogP contribution in [0, 0.1) is 17.8 Å². The summed E-state index contributed by atoms with van der Waals surface area (Å²) >= 11 is 0. The Hall–Kier alpha value is -7.16. The van der Waals surface area contributed by atoms with Gasteiger partial charge in [-0.1, -0.05) is 152 Å². The Balaban J connectivity index is 0.920. The average Bonchev–Trinajstić information content (AvgIpc) is 3.79. The minimum absolute atomic E-state index is 0.305. The van der Waals surface area contributed by atoms with E-state index in [4.69, 9.17) is 0 Å². The van der Waals surface area contributed by atoms with Crippen LogP contribution in [0.4, 0.5) is 17.1 Å². The maximum absolute atomic E-state index is 2.55. The molecule has 3 saturated carbocycles. The molecule has 3 aliphatic rings. The number of fused-ring (bicyclic) bond motifs is 6. The second-order valence-corrected chi connectivity index (χ2v) is 19.1. The van der Waals surface area contributed by atoms with Gasteiger partial charge in [0, 0.05) is 33.4 Å². The minimum Gasteiger partial charge on any atom is -0.310 e. The standard InChI is InChI=1S/C62H50N2/c1-2-13-43(14-3-1)54-19-6-7-20-55(54)44-25-29-51(30-26-44)63(53-18-12-17-50(39-53)62-34-33-48-35-42(40-62)36-49(48)41-62)52-31-27-45(28-32-52)56-21-8-10-23-59(56)64-60-24-11-9-22-57(60)58-37-46-15-4-5-16-47(46)38-61(58)64/h1-32,37-39,42,48-49H,33-36,40-41H2/t42-,48?,49-,62?/m1/s1. The Kier molecular flexibility index (Phi) is 8.76. The lowest BCUT2D eigenvalue weighted by molar-refractivity contribution is 0.139. The van der Waals surface area contributed by atoms with Crippen LogP contribution >= 0.6 is 0 Å². The van der Waals surface area contributed by atoms with Gasteiger partial charge < -0.3 is 9.47 Å². The molecule has 4 atom stereocenters. The highest BCUT2D eigenvalue weighted by molar-refractivity contribution is 6.14. The van der Waals surface area contributed by atoms with Gasteiger partial charge in [-0.2, -0.15) is 0 Å². The van der Waals surface area contributed by atoms with Gasteiger partial charge in [-0.15, -0.1) is 0 Å². The van der Waals surface area contributed by atoms with Crippen LogP contribution in [0.2, 0.25) is 0 Å². The maximum atomic E-state index is 2.55. The summed E-state index contributed by atoms with van der Waals surface area (Å²) in [5, 5.41) is 5.07. The number of benzene rings is 9. The van der Waals surface area contributed by atoms with Crippen molar-refractivity contribution in [1.29, 1.82) is 0 Å². The van der Waals surface area contributed by atoms with Gasteiger partial charge in [0.1, 0.15) is 0 Å². The van der Waals surface area contributed by atoms with Crippen LogP contribution in [0.3, 0.4) is 0 Å². The second kappa shape index (κ2) is 15.0. The number of nitrogens with zero attached hydrogens (tertiary/aromatic N) is 2. The fourth-order valence-electron chi connectivity index (χ4n) is 12.7. The predicted molar refractivity (Wildman–Crippen MR) is 269 cm³/mol. The first-order valence-electron chi connectivity index (χ1n) is 23.4. The Morgan fingerprint density at radius 3 is 1.80 bits per heavy atom. The first kappa shape index (κ1) is 37.4. The Labute approximate surface area is 376 Å². The quantitative estimate of drug-likeness (QED) is 0.148. The van der Waals surface area contributed by atoms with Crippen LogP contribution < -0.4 is 4.90 Å². The van der Waals surface area contributed by atoms with Crippen molar-refractivity contribution in [1.82, 2.24) is 4.57 Å². The molecule has 2 nitrogen and oxygen atoms in total. The average molecular weight is 823 g/mol. The first-order valence-corrected chi connectivity index (χ1v) is 23.4. The summed E-state index contributed by atoms with van der Waals surface area (Å²) in [5.41, 5.74) is 16.4. The van der Waals surface area contributed by atoms with E-state index in [0.717, 1.165) is 29.1 Å². The molecule has 10 aromatic rings. The third-order valence-corrected chi connectivity index (χ3v) is 15.6. The van der Waals surface area contributed by atoms with Crippen molar-refractivity contribution in [2.45, 2.75) is 43.9 Å². The number of aromatic nitrogens is 1. The molecule has 2 heteroatoms. The van der Waals surface area contributed by atoms with E-state index in [1.54, 1.807) is 5.56 Å². The topological polar surface area (TPSA) is 8.17 Å². The Morgan fingerprint density at radius 2 is 1.03 bits per heavy atom. The van der Waals surface area contributed by atoms with E-state index in [-0.39, 0.29) is 0 Å². The van der Waals surface area contributed by atoms with Crippen molar-refractivity contribution in [3.8, 4) is 39.1 Å². The van der Waals surface area contributed by atoms with Gasteiger partial charge in [0.15, 0.2) is 0 Å². The highest BCUT2D eigenvalue weighted by atomic mass is 15.1. The van der Waals surface area contributed by atoms with E-state index < -0.39 is 0 Å². The number of rotatable bonds is 8. The molecule has 3 aliphatic carbocycles. The van der Waals surface area contributed by atoms with Crippen molar-refractivity contribution < 1.29 is 0 Å². The molecule has 1 aromatic heterocycles. The van der Waals surface area contributed by atoms with Gasteiger partial charge in [0.25, 0.3) is 0 Å². The molecular weight excluding hydrogens is 773 g/mol. The highest BCUT2D eigenvalue weighted by Gasteiger charge is 2.52. The summed E-state index contributed by atoms with van der Waals surface area (Å²) in [5.74, 6) is 2.77. The van der Waals surface area contributed by atoms with Crippen molar-refractivity contribution >= 4 is 49.6 Å². The molecule has 9 aromatic carbocycles. The molecule has 0 spiro atoms. The van der Waals surface area contributed by atoms with Crippen LogP contribution in [0.5, 0.6) is 0 Å². The lowest BCUT2D eigenvalue weighted by Gasteiger charge is -2.46. The smallest absolute Gasteiger partial charge is 0.0547 e. The van der Waals surface area contributed by atoms with E-state index in [0.29, 0.717) is 5.41 Å². The van der Waals surface area contributed by atoms with E-state index in [1.165, 1.54) is 116 Å². The molecule has 0 amide bonds. The fourth-order valence-corrected chi connectivity index (χ4v) is 12.7. The van der Waals surface area contributed by atoms with Gasteiger partial charge in [0.05, 0.1) is 16.7 Å². The van der Waals surface area contributed by atoms with Crippen LogP contribution in [-0.2, 0) is 5.41 Å². The number of anilines is 3. The van der Waals surface area contributed by atoms with Gasteiger partial charge in [-0.25, -0.2) is 0 Å². The van der Waals surface area contributed by atoms with E-state index in [2.05, 4.69) is 222 Å². The lowest BCUT2D eigenvalue weighted by Crippen LogP contribution is -2.38. The van der Waals surface area contributed by atoms with Crippen LogP contribution in [0.25, 0.3) is 71.6 Å². The summed E-state index contributed by atoms with van der Waals surface area (Å²) in [6.45, 7) is 0. The van der Waals surface area contributed by atoms with Crippen molar-refractivity contribution in [2.75, 3.05) is 4.90 Å². The van der Waals surface area contributed by atoms with E-state index in [9.17, 15) is 0 Å². The monoisotopic (exact) mass is 822 g/mol. The van der Waals surface area contributed by atoms with Crippen molar-refractivity contribution in [2.24, 2.45) is 17.8 Å². The number of hydrogen-bond acceptors (Lipinski definition) is 1. The third kappa shape index (κ3) is 6.14. The SMILES string of the molecule is c1ccc(-c2ccccc2-c2ccc(N(c3ccc(-c4ccccc4-n4c5ccccc5c5cc6ccccc6cc54)cc3)c3cccc(C45CCC6C[C@H](C[C@@H]6C4)C5)c3)cc2)cc1. The van der Waals surface area contributed by atoms with Crippen LogP contribution in [0.1, 0.15) is 44.1 Å². The molecule has 1 heterocycles. The summed E-state index contributed by atoms with van der Waals surface area (Å²) < 4.78 is 2.47. The summed E-state index contributed by atoms with van der Waals surface area (Å²) in [6.07, 6.45) is 8.37. The molecule has 308 valence electrons. The van der Waals surface area contributed by atoms with E-state index >= 15 is 0 Å². The number of para-hydroxylation sites is 2. The van der Waals surface area contributed by atoms with E-state index in [1.807, 2.05) is 0 Å². The van der Waals surface area contributed by atoms with Gasteiger partial charge in [-0.05, 0) is 167 Å². The number of hydrogen-bond donors (Lipinski definition) is 0. The molecule has 3 fully saturated rings. The Morgan fingerprint density at radius 1 is 0.422 bits per heavy atom. The molecule has 0 radical (unpaired) electrons. The van der Waals surface area contributed by atoms with Crippen LogP contribution in [0.15, 0.2) is 212 Å². The molecule has 2 unspecified atom stereocenters. The minimum atomic E-state index is 0.305. The zero-order valence-electron chi connectivity index (χ0n) is 36.1. The normalized spacial score (nSPS) is 20.0. The molecular formula is C62H50N2. The van der Waals surface area contributed by atoms with Crippen LogP contribution in [-0.4, -0.2) is 4.57 Å². The largest absolute Gasteiger partial charge is 0.310 e. The molecule has 13 rings (SSSR count). The molecule has 64 heavy (non-hydrogen) atoms. The zero-order chi connectivity index (χ0) is 42.2. The molecule has 0 aliphatic heterocycles. The predicted octanol–water partition coefficient (Wildman–Crippen LogP) is 16.9. The zero-order valence-corrected chi connectivity index (χ0v) is 36.1. The second-order valence-electron chi connectivity index (χ2n) is 19.1. The molecule has 3 bridgehead atoms.